The third-order valence-corrected chi connectivity index (χ3v) is 4.24. The van der Waals surface area contributed by atoms with E-state index in [2.05, 4.69) is 46.4 Å². The fraction of sp³-hybridized carbons (Fsp3) is 0.692. The fourth-order valence-corrected chi connectivity index (χ4v) is 2.76. The van der Waals surface area contributed by atoms with E-state index in [4.69, 9.17) is 0 Å². The van der Waals surface area contributed by atoms with E-state index in [0.29, 0.717) is 12.1 Å². The lowest BCUT2D eigenvalue weighted by atomic mass is 10.1. The Hall–Kier alpha value is -0.810. The molecule has 1 saturated heterocycles. The zero-order chi connectivity index (χ0) is 13.0. The van der Waals surface area contributed by atoms with E-state index < -0.39 is 0 Å². The van der Waals surface area contributed by atoms with Gasteiger partial charge in [0, 0.05) is 31.2 Å². The topological polar surface area (TPSA) is 41.1 Å². The van der Waals surface area contributed by atoms with Gasteiger partial charge in [-0.1, -0.05) is 13.8 Å². The van der Waals surface area contributed by atoms with Gasteiger partial charge in [-0.2, -0.15) is 0 Å². The van der Waals surface area contributed by atoms with Crippen molar-refractivity contribution < 1.29 is 0 Å². The van der Waals surface area contributed by atoms with Gasteiger partial charge in [0.2, 0.25) is 0 Å². The first-order valence-electron chi connectivity index (χ1n) is 6.64. The first-order valence-corrected chi connectivity index (χ1v) is 7.87. The van der Waals surface area contributed by atoms with Crippen molar-refractivity contribution >= 4 is 17.6 Å². The Morgan fingerprint density at radius 1 is 1.39 bits per heavy atom. The standard InChI is InChI=1S/C13H22N4S/c1-4-10-8-17(11(5-2)7-14-10)12-6-13(18-3)16-9-15-12/h6,9-11,14H,4-5,7-8H2,1-3H3. The number of hydrogen-bond acceptors (Lipinski definition) is 5. The Labute approximate surface area is 114 Å². The summed E-state index contributed by atoms with van der Waals surface area (Å²) in [5, 5.41) is 4.65. The number of thioether (sulfide) groups is 1. The molecular weight excluding hydrogens is 244 g/mol. The predicted octanol–water partition coefficient (Wildman–Crippen LogP) is 2.17. The first kappa shape index (κ1) is 13.6. The van der Waals surface area contributed by atoms with Crippen LogP contribution in [0.1, 0.15) is 26.7 Å². The smallest absolute Gasteiger partial charge is 0.133 e. The molecular formula is C13H22N4S. The van der Waals surface area contributed by atoms with Crippen LogP contribution in [-0.4, -0.2) is 41.4 Å². The summed E-state index contributed by atoms with van der Waals surface area (Å²) >= 11 is 1.67. The third-order valence-electron chi connectivity index (χ3n) is 3.60. The zero-order valence-electron chi connectivity index (χ0n) is 11.4. The van der Waals surface area contributed by atoms with Gasteiger partial charge in [0.15, 0.2) is 0 Å². The van der Waals surface area contributed by atoms with Gasteiger partial charge in [0.25, 0.3) is 0 Å². The molecule has 0 spiro atoms. The summed E-state index contributed by atoms with van der Waals surface area (Å²) in [5.74, 6) is 1.07. The maximum Gasteiger partial charge on any atom is 0.133 e. The van der Waals surface area contributed by atoms with Crippen LogP contribution in [0, 0.1) is 0 Å². The van der Waals surface area contributed by atoms with E-state index in [-0.39, 0.29) is 0 Å². The molecule has 100 valence electrons. The van der Waals surface area contributed by atoms with Crippen LogP contribution in [0.2, 0.25) is 0 Å². The van der Waals surface area contributed by atoms with Crippen LogP contribution in [0.3, 0.4) is 0 Å². The molecule has 5 heteroatoms. The average Bonchev–Trinajstić information content (AvgIpc) is 2.46. The van der Waals surface area contributed by atoms with Crippen LogP contribution in [0.4, 0.5) is 5.82 Å². The lowest BCUT2D eigenvalue weighted by molar-refractivity contribution is 0.376. The maximum atomic E-state index is 4.45. The number of piperazine rings is 1. The Bertz CT molecular complexity index is 385. The summed E-state index contributed by atoms with van der Waals surface area (Å²) in [6.07, 6.45) is 6.03. The minimum absolute atomic E-state index is 0.539. The summed E-state index contributed by atoms with van der Waals surface area (Å²) in [5.41, 5.74) is 0. The van der Waals surface area contributed by atoms with Crippen molar-refractivity contribution in [3.8, 4) is 0 Å². The molecule has 0 saturated carbocycles. The molecule has 1 N–H and O–H groups in total. The molecule has 4 nitrogen and oxygen atoms in total. The predicted molar refractivity (Wildman–Crippen MR) is 77.3 cm³/mol. The lowest BCUT2D eigenvalue weighted by Gasteiger charge is -2.40. The number of rotatable bonds is 4. The highest BCUT2D eigenvalue weighted by Gasteiger charge is 2.26. The van der Waals surface area contributed by atoms with Crippen molar-refractivity contribution in [2.45, 2.75) is 43.8 Å². The lowest BCUT2D eigenvalue weighted by Crippen LogP contribution is -2.56. The molecule has 0 radical (unpaired) electrons. The number of anilines is 1. The van der Waals surface area contributed by atoms with E-state index in [1.165, 1.54) is 0 Å². The summed E-state index contributed by atoms with van der Waals surface area (Å²) in [6.45, 7) is 6.56. The second-order valence-corrected chi connectivity index (χ2v) is 5.47. The largest absolute Gasteiger partial charge is 0.351 e. The molecule has 0 bridgehead atoms. The Morgan fingerprint density at radius 3 is 2.89 bits per heavy atom. The second-order valence-electron chi connectivity index (χ2n) is 4.65. The number of nitrogens with one attached hydrogen (secondary N) is 1. The normalized spacial score (nSPS) is 24.3. The van der Waals surface area contributed by atoms with Gasteiger partial charge < -0.3 is 10.2 Å². The Morgan fingerprint density at radius 2 is 2.22 bits per heavy atom. The van der Waals surface area contributed by atoms with Crippen LogP contribution >= 0.6 is 11.8 Å². The van der Waals surface area contributed by atoms with E-state index >= 15 is 0 Å². The molecule has 0 aliphatic carbocycles. The van der Waals surface area contributed by atoms with Crippen molar-refractivity contribution in [1.82, 2.24) is 15.3 Å². The summed E-state index contributed by atoms with van der Waals surface area (Å²) in [4.78, 5) is 11.1. The molecule has 2 unspecified atom stereocenters. The SMILES string of the molecule is CCC1CN(c2cc(SC)ncn2)C(CC)CN1. The van der Waals surface area contributed by atoms with Gasteiger partial charge in [0.1, 0.15) is 17.2 Å². The summed E-state index contributed by atoms with van der Waals surface area (Å²) < 4.78 is 0. The van der Waals surface area contributed by atoms with E-state index in [0.717, 1.165) is 36.8 Å². The highest BCUT2D eigenvalue weighted by Crippen LogP contribution is 2.22. The van der Waals surface area contributed by atoms with Crippen LogP contribution in [0.15, 0.2) is 17.4 Å². The van der Waals surface area contributed by atoms with Crippen molar-refractivity contribution in [1.29, 1.82) is 0 Å². The quantitative estimate of drug-likeness (QED) is 0.668. The molecule has 0 aromatic carbocycles. The Kier molecular flexibility index (Phi) is 4.83. The van der Waals surface area contributed by atoms with Crippen LogP contribution in [0.5, 0.6) is 0 Å². The monoisotopic (exact) mass is 266 g/mol. The van der Waals surface area contributed by atoms with Crippen molar-refractivity contribution in [3.05, 3.63) is 12.4 Å². The number of aromatic nitrogens is 2. The minimum atomic E-state index is 0.539. The molecule has 1 fully saturated rings. The summed E-state index contributed by atoms with van der Waals surface area (Å²) in [6, 6.07) is 3.21. The maximum absolute atomic E-state index is 4.45. The van der Waals surface area contributed by atoms with Crippen LogP contribution in [-0.2, 0) is 0 Å². The van der Waals surface area contributed by atoms with Crippen LogP contribution < -0.4 is 10.2 Å². The average molecular weight is 266 g/mol. The van der Waals surface area contributed by atoms with Crippen molar-refractivity contribution in [2.24, 2.45) is 0 Å². The highest BCUT2D eigenvalue weighted by molar-refractivity contribution is 7.98. The number of nitrogens with zero attached hydrogens (tertiary/aromatic N) is 3. The van der Waals surface area contributed by atoms with E-state index in [1.54, 1.807) is 18.1 Å². The van der Waals surface area contributed by atoms with Crippen LogP contribution in [0.25, 0.3) is 0 Å². The van der Waals surface area contributed by atoms with Gasteiger partial charge in [-0.15, -0.1) is 11.8 Å². The van der Waals surface area contributed by atoms with Crippen molar-refractivity contribution in [3.63, 3.8) is 0 Å². The molecule has 2 atom stereocenters. The fourth-order valence-electron chi connectivity index (χ4n) is 2.38. The molecule has 2 rings (SSSR count). The third kappa shape index (κ3) is 2.95. The molecule has 1 aliphatic heterocycles. The molecule has 0 amide bonds. The summed E-state index contributed by atoms with van der Waals surface area (Å²) in [7, 11) is 0. The van der Waals surface area contributed by atoms with Gasteiger partial charge in [-0.25, -0.2) is 9.97 Å². The molecule has 1 aliphatic rings. The van der Waals surface area contributed by atoms with Gasteiger partial charge >= 0.3 is 0 Å². The minimum Gasteiger partial charge on any atom is -0.351 e. The van der Waals surface area contributed by atoms with Gasteiger partial charge in [-0.3, -0.25) is 0 Å². The number of hydrogen-bond donors (Lipinski definition) is 1. The van der Waals surface area contributed by atoms with Crippen molar-refractivity contribution in [2.75, 3.05) is 24.2 Å². The second kappa shape index (κ2) is 6.38. The molecule has 18 heavy (non-hydrogen) atoms. The Balaban J connectivity index is 2.20. The van der Waals surface area contributed by atoms with E-state index in [1.807, 2.05) is 0 Å². The van der Waals surface area contributed by atoms with Gasteiger partial charge in [0.05, 0.1) is 0 Å². The molecule has 2 heterocycles. The van der Waals surface area contributed by atoms with E-state index in [9.17, 15) is 0 Å². The highest BCUT2D eigenvalue weighted by atomic mass is 32.2. The van der Waals surface area contributed by atoms with Gasteiger partial charge in [-0.05, 0) is 19.1 Å². The zero-order valence-corrected chi connectivity index (χ0v) is 12.2. The first-order chi connectivity index (χ1) is 8.78. The molecule has 1 aromatic heterocycles. The molecule has 1 aromatic rings.